The Balaban J connectivity index is 1.35. The Kier molecular flexibility index (Phi) is 8.38. The second kappa shape index (κ2) is 11.7. The number of benzene rings is 2. The number of rotatable bonds is 11. The fourth-order valence-corrected chi connectivity index (χ4v) is 5.06. The van der Waals surface area contributed by atoms with E-state index in [0.717, 1.165) is 5.56 Å². The first-order chi connectivity index (χ1) is 17.8. The second-order valence-electron chi connectivity index (χ2n) is 10.1. The van der Waals surface area contributed by atoms with Gasteiger partial charge in [-0.1, -0.05) is 69.2 Å². The largest absolute Gasteiger partial charge is 0.447 e. The number of imide groups is 2. The summed E-state index contributed by atoms with van der Waals surface area (Å²) in [6, 6.07) is 15.9. The highest BCUT2D eigenvalue weighted by Crippen LogP contribution is 2.27. The van der Waals surface area contributed by atoms with Crippen LogP contribution in [0.5, 0.6) is 0 Å². The molecule has 2 aliphatic heterocycles. The van der Waals surface area contributed by atoms with E-state index >= 15 is 0 Å². The standard InChI is InChI=1S/C29H34N2O6/c1-19(2)24-18-37-29(36)31(24)28(35)23(17-20-11-5-3-6-12-20)25(32)15-7-4-10-16-30-26(33)21-13-8-9-14-22(21)27(30)34/h3,5-6,8-9,11-14,19,23-25,32H,4,7,10,15-18H2,1-2H3. The molecule has 1 N–H and O–H groups in total. The van der Waals surface area contributed by atoms with Crippen molar-refractivity contribution in [2.45, 2.75) is 58.1 Å². The van der Waals surface area contributed by atoms with Gasteiger partial charge >= 0.3 is 6.09 Å². The Hall–Kier alpha value is -3.52. The third-order valence-corrected chi connectivity index (χ3v) is 7.25. The molecule has 3 unspecified atom stereocenters. The molecule has 2 aliphatic rings. The van der Waals surface area contributed by atoms with E-state index < -0.39 is 24.0 Å². The maximum Gasteiger partial charge on any atom is 0.416 e. The van der Waals surface area contributed by atoms with E-state index in [1.165, 1.54) is 9.80 Å². The van der Waals surface area contributed by atoms with Crippen molar-refractivity contribution in [2.75, 3.05) is 13.2 Å². The first kappa shape index (κ1) is 26.5. The Labute approximate surface area is 217 Å². The minimum Gasteiger partial charge on any atom is -0.447 e. The number of carbonyl (C=O) groups excluding carboxylic acids is 4. The van der Waals surface area contributed by atoms with Gasteiger partial charge in [0.05, 0.1) is 29.2 Å². The minimum absolute atomic E-state index is 0.0343. The SMILES string of the molecule is CC(C)C1COC(=O)N1C(=O)C(Cc1ccccc1)C(O)CCCCCN1C(=O)c2ccccc2C1=O. The normalized spacial score (nSPS) is 18.8. The van der Waals surface area contributed by atoms with Crippen molar-refractivity contribution in [2.24, 2.45) is 11.8 Å². The van der Waals surface area contributed by atoms with E-state index in [2.05, 4.69) is 0 Å². The van der Waals surface area contributed by atoms with Crippen LogP contribution in [-0.2, 0) is 16.0 Å². The lowest BCUT2D eigenvalue weighted by Gasteiger charge is -2.29. The van der Waals surface area contributed by atoms with Crippen LogP contribution in [0.3, 0.4) is 0 Å². The maximum atomic E-state index is 13.5. The van der Waals surface area contributed by atoms with Gasteiger partial charge in [0.25, 0.3) is 11.8 Å². The number of aliphatic hydroxyl groups excluding tert-OH is 1. The zero-order valence-electron chi connectivity index (χ0n) is 21.3. The highest BCUT2D eigenvalue weighted by atomic mass is 16.6. The number of cyclic esters (lactones) is 1. The van der Waals surface area contributed by atoms with E-state index in [1.54, 1.807) is 24.3 Å². The summed E-state index contributed by atoms with van der Waals surface area (Å²) in [7, 11) is 0. The molecule has 2 heterocycles. The number of amides is 4. The van der Waals surface area contributed by atoms with Gasteiger partial charge in [-0.25, -0.2) is 9.69 Å². The topological polar surface area (TPSA) is 104 Å². The van der Waals surface area contributed by atoms with Gasteiger partial charge in [-0.3, -0.25) is 19.3 Å². The van der Waals surface area contributed by atoms with Gasteiger partial charge in [-0.15, -0.1) is 0 Å². The van der Waals surface area contributed by atoms with Crippen LogP contribution < -0.4 is 0 Å². The van der Waals surface area contributed by atoms with E-state index in [0.29, 0.717) is 49.8 Å². The van der Waals surface area contributed by atoms with E-state index in [4.69, 9.17) is 4.74 Å². The highest BCUT2D eigenvalue weighted by Gasteiger charge is 2.43. The third kappa shape index (κ3) is 5.74. The molecule has 0 spiro atoms. The van der Waals surface area contributed by atoms with Crippen LogP contribution in [0.1, 0.15) is 65.8 Å². The summed E-state index contributed by atoms with van der Waals surface area (Å²) in [4.78, 5) is 53.5. The maximum absolute atomic E-state index is 13.5. The predicted molar refractivity (Wildman–Crippen MR) is 137 cm³/mol. The summed E-state index contributed by atoms with van der Waals surface area (Å²) >= 11 is 0. The van der Waals surface area contributed by atoms with Gasteiger partial charge in [0.2, 0.25) is 5.91 Å². The summed E-state index contributed by atoms with van der Waals surface area (Å²) in [5.41, 5.74) is 1.77. The van der Waals surface area contributed by atoms with Crippen LogP contribution in [-0.4, -0.2) is 64.0 Å². The molecule has 0 bridgehead atoms. The molecule has 4 amide bonds. The third-order valence-electron chi connectivity index (χ3n) is 7.25. The lowest BCUT2D eigenvalue weighted by atomic mass is 9.89. The molecule has 0 radical (unpaired) electrons. The molecule has 1 saturated heterocycles. The molecular weight excluding hydrogens is 472 g/mol. The highest BCUT2D eigenvalue weighted by molar-refractivity contribution is 6.21. The molecule has 2 aromatic carbocycles. The van der Waals surface area contributed by atoms with Crippen LogP contribution in [0, 0.1) is 11.8 Å². The molecular formula is C29H34N2O6. The van der Waals surface area contributed by atoms with E-state index in [9.17, 15) is 24.3 Å². The summed E-state index contributed by atoms with van der Waals surface area (Å²) in [5, 5.41) is 11.1. The molecule has 1 fully saturated rings. The van der Waals surface area contributed by atoms with Gasteiger partial charge in [-0.2, -0.15) is 0 Å². The number of carbonyl (C=O) groups is 4. The summed E-state index contributed by atoms with van der Waals surface area (Å²) in [6.07, 6.45) is 0.954. The molecule has 4 rings (SSSR count). The van der Waals surface area contributed by atoms with Crippen molar-refractivity contribution in [3.05, 3.63) is 71.3 Å². The number of hydrogen-bond donors (Lipinski definition) is 1. The smallest absolute Gasteiger partial charge is 0.416 e. The number of fused-ring (bicyclic) bond motifs is 1. The number of nitrogens with zero attached hydrogens (tertiary/aromatic N) is 2. The molecule has 0 saturated carbocycles. The lowest BCUT2D eigenvalue weighted by molar-refractivity contribution is -0.138. The fraction of sp³-hybridized carbons (Fsp3) is 0.448. The average Bonchev–Trinajstić information content (AvgIpc) is 3.40. The Morgan fingerprint density at radius 1 is 0.946 bits per heavy atom. The molecule has 2 aromatic rings. The van der Waals surface area contributed by atoms with Crippen molar-refractivity contribution in [3.8, 4) is 0 Å². The Morgan fingerprint density at radius 2 is 1.57 bits per heavy atom. The molecule has 0 aromatic heterocycles. The zero-order chi connectivity index (χ0) is 26.5. The second-order valence-corrected chi connectivity index (χ2v) is 10.1. The molecule has 37 heavy (non-hydrogen) atoms. The van der Waals surface area contributed by atoms with Gasteiger partial charge in [0.15, 0.2) is 0 Å². The number of unbranched alkanes of at least 4 members (excludes halogenated alkanes) is 2. The summed E-state index contributed by atoms with van der Waals surface area (Å²) in [6.45, 7) is 4.34. The van der Waals surface area contributed by atoms with Crippen LogP contribution >= 0.6 is 0 Å². The quantitative estimate of drug-likeness (QED) is 0.364. The monoisotopic (exact) mass is 506 g/mol. The summed E-state index contributed by atoms with van der Waals surface area (Å²) < 4.78 is 5.17. The Morgan fingerprint density at radius 3 is 2.19 bits per heavy atom. The van der Waals surface area contributed by atoms with Crippen molar-refractivity contribution in [3.63, 3.8) is 0 Å². The molecule has 196 valence electrons. The van der Waals surface area contributed by atoms with Crippen molar-refractivity contribution in [1.29, 1.82) is 0 Å². The number of ether oxygens (including phenoxy) is 1. The average molecular weight is 507 g/mol. The van der Waals surface area contributed by atoms with Crippen LogP contribution in [0.15, 0.2) is 54.6 Å². The minimum atomic E-state index is -0.951. The lowest BCUT2D eigenvalue weighted by Crippen LogP contribution is -2.48. The zero-order valence-corrected chi connectivity index (χ0v) is 21.3. The number of hydrogen-bond acceptors (Lipinski definition) is 6. The van der Waals surface area contributed by atoms with Gasteiger partial charge in [0.1, 0.15) is 6.61 Å². The van der Waals surface area contributed by atoms with E-state index in [1.807, 2.05) is 44.2 Å². The summed E-state index contributed by atoms with van der Waals surface area (Å²) in [5.74, 6) is -1.71. The van der Waals surface area contributed by atoms with Crippen molar-refractivity contribution < 1.29 is 29.0 Å². The first-order valence-corrected chi connectivity index (χ1v) is 13.0. The Bertz CT molecular complexity index is 1110. The predicted octanol–water partition coefficient (Wildman–Crippen LogP) is 4.07. The molecule has 0 aliphatic carbocycles. The molecule has 8 heteroatoms. The van der Waals surface area contributed by atoms with Crippen LogP contribution in [0.25, 0.3) is 0 Å². The van der Waals surface area contributed by atoms with Gasteiger partial charge < -0.3 is 9.84 Å². The first-order valence-electron chi connectivity index (χ1n) is 13.0. The van der Waals surface area contributed by atoms with Gasteiger partial charge in [-0.05, 0) is 42.9 Å². The molecule has 8 nitrogen and oxygen atoms in total. The van der Waals surface area contributed by atoms with Crippen molar-refractivity contribution >= 4 is 23.8 Å². The number of aliphatic hydroxyl groups is 1. The van der Waals surface area contributed by atoms with Crippen molar-refractivity contribution in [1.82, 2.24) is 9.80 Å². The van der Waals surface area contributed by atoms with E-state index in [-0.39, 0.29) is 30.4 Å². The van der Waals surface area contributed by atoms with Crippen LogP contribution in [0.4, 0.5) is 4.79 Å². The fourth-order valence-electron chi connectivity index (χ4n) is 5.06. The molecule has 3 atom stereocenters. The van der Waals surface area contributed by atoms with Crippen LogP contribution in [0.2, 0.25) is 0 Å². The van der Waals surface area contributed by atoms with Gasteiger partial charge in [0, 0.05) is 6.54 Å².